The van der Waals surface area contributed by atoms with Crippen molar-refractivity contribution in [2.45, 2.75) is 26.3 Å². The van der Waals surface area contributed by atoms with Crippen LogP contribution in [0.3, 0.4) is 0 Å². The third-order valence-electron chi connectivity index (χ3n) is 2.91. The summed E-state index contributed by atoms with van der Waals surface area (Å²) < 4.78 is 0. The molecule has 2 N–H and O–H groups in total. The first kappa shape index (κ1) is 10.5. The van der Waals surface area contributed by atoms with E-state index in [1.165, 1.54) is 24.0 Å². The van der Waals surface area contributed by atoms with Crippen LogP contribution < -0.4 is 5.73 Å². The van der Waals surface area contributed by atoms with Crippen molar-refractivity contribution in [2.75, 3.05) is 18.9 Å². The van der Waals surface area contributed by atoms with E-state index < -0.39 is 0 Å². The first-order valence-electron chi connectivity index (χ1n) is 5.49. The highest BCUT2D eigenvalue weighted by Crippen LogP contribution is 2.18. The maximum atomic E-state index is 5.87. The Kier molecular flexibility index (Phi) is 3.23. The molecule has 1 heterocycles. The Morgan fingerprint density at radius 1 is 1.40 bits per heavy atom. The van der Waals surface area contributed by atoms with Crippen LogP contribution in [0.25, 0.3) is 0 Å². The van der Waals surface area contributed by atoms with Gasteiger partial charge in [-0.2, -0.15) is 5.06 Å². The van der Waals surface area contributed by atoms with Crippen LogP contribution in [0.5, 0.6) is 0 Å². The molecule has 1 aliphatic heterocycles. The molecule has 1 fully saturated rings. The lowest BCUT2D eigenvalue weighted by Crippen LogP contribution is -2.29. The van der Waals surface area contributed by atoms with E-state index in [0.29, 0.717) is 0 Å². The molecule has 3 heteroatoms. The number of rotatable bonds is 2. The molecule has 2 rings (SSSR count). The molecule has 3 nitrogen and oxygen atoms in total. The van der Waals surface area contributed by atoms with Gasteiger partial charge in [0.1, 0.15) is 0 Å². The van der Waals surface area contributed by atoms with E-state index in [9.17, 15) is 0 Å². The summed E-state index contributed by atoms with van der Waals surface area (Å²) in [5.74, 6) is 0. The average Bonchev–Trinajstić information content (AvgIpc) is 2.26. The smallest absolute Gasteiger partial charge is 0.0685 e. The van der Waals surface area contributed by atoms with Gasteiger partial charge in [-0.15, -0.1) is 0 Å². The summed E-state index contributed by atoms with van der Waals surface area (Å²) >= 11 is 0. The van der Waals surface area contributed by atoms with Crippen molar-refractivity contribution in [3.63, 3.8) is 0 Å². The fraction of sp³-hybridized carbons (Fsp3) is 0.500. The molecule has 0 aliphatic carbocycles. The van der Waals surface area contributed by atoms with E-state index in [1.54, 1.807) is 0 Å². The summed E-state index contributed by atoms with van der Waals surface area (Å²) in [6.45, 7) is 4.78. The summed E-state index contributed by atoms with van der Waals surface area (Å²) in [6, 6.07) is 6.06. The zero-order valence-corrected chi connectivity index (χ0v) is 9.20. The van der Waals surface area contributed by atoms with Crippen molar-refractivity contribution in [3.05, 3.63) is 29.3 Å². The lowest BCUT2D eigenvalue weighted by molar-refractivity contribution is -0.187. The van der Waals surface area contributed by atoms with Gasteiger partial charge in [-0.05, 0) is 37.0 Å². The van der Waals surface area contributed by atoms with Gasteiger partial charge in [0.15, 0.2) is 0 Å². The second kappa shape index (κ2) is 4.64. The molecule has 1 aliphatic rings. The lowest BCUT2D eigenvalue weighted by atomic mass is 10.1. The van der Waals surface area contributed by atoms with Crippen molar-refractivity contribution in [3.8, 4) is 0 Å². The van der Waals surface area contributed by atoms with Crippen LogP contribution in [-0.2, 0) is 11.4 Å². The number of hydrogen-bond donors (Lipinski definition) is 1. The summed E-state index contributed by atoms with van der Waals surface area (Å²) in [5, 5.41) is 2.03. The number of hydroxylamine groups is 2. The number of hydrogen-bond acceptors (Lipinski definition) is 3. The monoisotopic (exact) mass is 206 g/mol. The third-order valence-corrected chi connectivity index (χ3v) is 2.91. The second-order valence-electron chi connectivity index (χ2n) is 4.04. The van der Waals surface area contributed by atoms with Crippen molar-refractivity contribution in [2.24, 2.45) is 0 Å². The minimum Gasteiger partial charge on any atom is -0.399 e. The van der Waals surface area contributed by atoms with Crippen LogP contribution in [0, 0.1) is 6.92 Å². The van der Waals surface area contributed by atoms with Crippen molar-refractivity contribution in [1.82, 2.24) is 5.06 Å². The Bertz CT molecular complexity index is 332. The van der Waals surface area contributed by atoms with Crippen LogP contribution in [0.15, 0.2) is 18.2 Å². The van der Waals surface area contributed by atoms with Gasteiger partial charge in [0.25, 0.3) is 0 Å². The van der Waals surface area contributed by atoms with E-state index >= 15 is 0 Å². The zero-order chi connectivity index (χ0) is 10.7. The zero-order valence-electron chi connectivity index (χ0n) is 9.20. The van der Waals surface area contributed by atoms with Crippen molar-refractivity contribution in [1.29, 1.82) is 0 Å². The summed E-state index contributed by atoms with van der Waals surface area (Å²) in [7, 11) is 0. The van der Waals surface area contributed by atoms with Crippen LogP contribution in [0.2, 0.25) is 0 Å². The van der Waals surface area contributed by atoms with Crippen LogP contribution in [0.4, 0.5) is 5.69 Å². The molecule has 1 saturated heterocycles. The van der Waals surface area contributed by atoms with Crippen LogP contribution in [-0.4, -0.2) is 18.2 Å². The first-order chi connectivity index (χ1) is 7.27. The highest BCUT2D eigenvalue weighted by molar-refractivity contribution is 5.49. The molecule has 0 bridgehead atoms. The number of nitrogen functional groups attached to an aromatic ring is 1. The second-order valence-corrected chi connectivity index (χ2v) is 4.04. The quantitative estimate of drug-likeness (QED) is 0.753. The van der Waals surface area contributed by atoms with Gasteiger partial charge in [-0.1, -0.05) is 12.1 Å². The molecule has 0 amide bonds. The van der Waals surface area contributed by atoms with Gasteiger partial charge in [0.05, 0.1) is 6.61 Å². The molecule has 0 saturated carbocycles. The van der Waals surface area contributed by atoms with Gasteiger partial charge in [0.2, 0.25) is 0 Å². The van der Waals surface area contributed by atoms with Crippen LogP contribution >= 0.6 is 0 Å². The van der Waals surface area contributed by atoms with Gasteiger partial charge in [0, 0.05) is 18.8 Å². The summed E-state index contributed by atoms with van der Waals surface area (Å²) in [4.78, 5) is 5.57. The minimum absolute atomic E-state index is 0.844. The summed E-state index contributed by atoms with van der Waals surface area (Å²) in [6.07, 6.45) is 2.40. The molecule has 1 aromatic carbocycles. The number of nitrogens with two attached hydrogens (primary N) is 1. The lowest BCUT2D eigenvalue weighted by Gasteiger charge is -2.26. The van der Waals surface area contributed by atoms with E-state index in [2.05, 4.69) is 13.0 Å². The average molecular weight is 206 g/mol. The van der Waals surface area contributed by atoms with E-state index in [1.807, 2.05) is 17.2 Å². The summed E-state index contributed by atoms with van der Waals surface area (Å²) in [5.41, 5.74) is 9.17. The molecule has 0 atom stereocenters. The minimum atomic E-state index is 0.844. The topological polar surface area (TPSA) is 38.5 Å². The normalized spacial score (nSPS) is 17.9. The standard InChI is InChI=1S/C12H18N2O/c1-10-11(5-4-6-12(10)13)9-14-7-2-3-8-15-14/h4-6H,2-3,7-9,13H2,1H3. The van der Waals surface area contributed by atoms with E-state index in [4.69, 9.17) is 10.6 Å². The fourth-order valence-electron chi connectivity index (χ4n) is 1.84. The predicted octanol–water partition coefficient (Wildman–Crippen LogP) is 2.10. The number of nitrogens with zero attached hydrogens (tertiary/aromatic N) is 1. The highest BCUT2D eigenvalue weighted by atomic mass is 16.7. The largest absolute Gasteiger partial charge is 0.399 e. The third kappa shape index (κ3) is 2.49. The Hall–Kier alpha value is -1.06. The maximum Gasteiger partial charge on any atom is 0.0685 e. The number of anilines is 1. The molecule has 0 radical (unpaired) electrons. The molecule has 1 aromatic rings. The SMILES string of the molecule is Cc1c(N)cccc1CN1CCCCO1. The van der Waals surface area contributed by atoms with Crippen molar-refractivity contribution >= 4 is 5.69 Å². The van der Waals surface area contributed by atoms with E-state index in [-0.39, 0.29) is 0 Å². The van der Waals surface area contributed by atoms with Crippen LogP contribution in [0.1, 0.15) is 24.0 Å². The van der Waals surface area contributed by atoms with Gasteiger partial charge in [-0.25, -0.2) is 0 Å². The molecule has 0 aromatic heterocycles. The first-order valence-corrected chi connectivity index (χ1v) is 5.49. The molecular weight excluding hydrogens is 188 g/mol. The molecular formula is C12H18N2O. The molecule has 15 heavy (non-hydrogen) atoms. The van der Waals surface area contributed by atoms with Gasteiger partial charge >= 0.3 is 0 Å². The Balaban J connectivity index is 2.06. The number of benzene rings is 1. The Morgan fingerprint density at radius 3 is 3.00 bits per heavy atom. The van der Waals surface area contributed by atoms with E-state index in [0.717, 1.165) is 25.4 Å². The van der Waals surface area contributed by atoms with Gasteiger partial charge < -0.3 is 5.73 Å². The highest BCUT2D eigenvalue weighted by Gasteiger charge is 2.12. The molecule has 0 spiro atoms. The maximum absolute atomic E-state index is 5.87. The molecule has 0 unspecified atom stereocenters. The molecule has 82 valence electrons. The van der Waals surface area contributed by atoms with Crippen molar-refractivity contribution < 1.29 is 4.84 Å². The van der Waals surface area contributed by atoms with Gasteiger partial charge in [-0.3, -0.25) is 4.84 Å². The Labute approximate surface area is 90.8 Å². The Morgan fingerprint density at radius 2 is 2.27 bits per heavy atom. The fourth-order valence-corrected chi connectivity index (χ4v) is 1.84. The predicted molar refractivity (Wildman–Crippen MR) is 61.2 cm³/mol.